The minimum Gasteiger partial charge on any atom is -0.357 e. The molecule has 1 fully saturated rings. The number of piperidine rings is 1. The number of thiazole rings is 1. The van der Waals surface area contributed by atoms with E-state index < -0.39 is 0 Å². The van der Waals surface area contributed by atoms with E-state index in [1.54, 1.807) is 11.0 Å². The average molecular weight is 279 g/mol. The van der Waals surface area contributed by atoms with E-state index in [-0.39, 0.29) is 17.8 Å². The number of likely N-dealkylation sites (tertiary alicyclic amines) is 1. The predicted molar refractivity (Wildman–Crippen MR) is 73.9 cm³/mol. The zero-order valence-electron chi connectivity index (χ0n) is 10.5. The van der Waals surface area contributed by atoms with E-state index in [4.69, 9.17) is 0 Å². The van der Waals surface area contributed by atoms with Gasteiger partial charge in [-0.3, -0.25) is 4.79 Å². The van der Waals surface area contributed by atoms with Crippen LogP contribution in [0.3, 0.4) is 0 Å². The first kappa shape index (κ1) is 12.3. The van der Waals surface area contributed by atoms with Crippen molar-refractivity contribution in [3.63, 3.8) is 0 Å². The Morgan fingerprint density at radius 3 is 3.16 bits per heavy atom. The standard InChI is InChI=1S/C13H14FN3OS/c1-17-7-9(3-5-12(17)18)15-13-16-10-6-8(14)2-4-11(10)19-13/h2,4,6,9H,3,5,7H2,1H3,(H,15,16). The zero-order valence-corrected chi connectivity index (χ0v) is 11.3. The number of hydrogen-bond acceptors (Lipinski definition) is 4. The number of likely N-dealkylation sites (N-methyl/N-ethyl adjacent to an activating group) is 1. The molecule has 1 saturated heterocycles. The first-order chi connectivity index (χ1) is 9.11. The summed E-state index contributed by atoms with van der Waals surface area (Å²) in [7, 11) is 1.81. The summed E-state index contributed by atoms with van der Waals surface area (Å²) < 4.78 is 14.1. The Morgan fingerprint density at radius 2 is 2.37 bits per heavy atom. The molecule has 1 aliphatic rings. The van der Waals surface area contributed by atoms with Crippen molar-refractivity contribution < 1.29 is 9.18 Å². The first-order valence-electron chi connectivity index (χ1n) is 6.18. The lowest BCUT2D eigenvalue weighted by atomic mass is 10.1. The summed E-state index contributed by atoms with van der Waals surface area (Å²) in [4.78, 5) is 17.5. The fourth-order valence-electron chi connectivity index (χ4n) is 2.27. The fraction of sp³-hybridized carbons (Fsp3) is 0.385. The second kappa shape index (κ2) is 4.77. The Kier molecular flexibility index (Phi) is 3.10. The maximum Gasteiger partial charge on any atom is 0.222 e. The van der Waals surface area contributed by atoms with Crippen LogP contribution in [0.15, 0.2) is 18.2 Å². The van der Waals surface area contributed by atoms with Gasteiger partial charge in [0.1, 0.15) is 5.82 Å². The van der Waals surface area contributed by atoms with Crippen molar-refractivity contribution in [2.75, 3.05) is 18.9 Å². The third-order valence-corrected chi connectivity index (χ3v) is 4.27. The molecule has 2 aromatic rings. The Bertz CT molecular complexity index is 627. The highest BCUT2D eigenvalue weighted by Crippen LogP contribution is 2.27. The number of nitrogens with zero attached hydrogens (tertiary/aromatic N) is 2. The number of anilines is 1. The van der Waals surface area contributed by atoms with Crippen molar-refractivity contribution in [2.45, 2.75) is 18.9 Å². The molecule has 1 atom stereocenters. The van der Waals surface area contributed by atoms with E-state index in [2.05, 4.69) is 10.3 Å². The lowest BCUT2D eigenvalue weighted by Crippen LogP contribution is -2.43. The van der Waals surface area contributed by atoms with Crippen LogP contribution in [0.4, 0.5) is 9.52 Å². The number of carbonyl (C=O) groups excluding carboxylic acids is 1. The van der Waals surface area contributed by atoms with Gasteiger partial charge in [-0.05, 0) is 18.6 Å². The summed E-state index contributed by atoms with van der Waals surface area (Å²) in [6, 6.07) is 4.84. The molecule has 1 aliphatic heterocycles. The van der Waals surface area contributed by atoms with Gasteiger partial charge in [0.2, 0.25) is 5.91 Å². The molecule has 6 heteroatoms. The SMILES string of the molecule is CN1CC(Nc2nc3cc(F)ccc3s2)CCC1=O. The number of rotatable bonds is 2. The number of amides is 1. The van der Waals surface area contributed by atoms with Crippen molar-refractivity contribution >= 4 is 32.6 Å². The summed E-state index contributed by atoms with van der Waals surface area (Å²) in [6.07, 6.45) is 1.38. The summed E-state index contributed by atoms with van der Waals surface area (Å²) in [5.74, 6) is -0.0863. The smallest absolute Gasteiger partial charge is 0.222 e. The van der Waals surface area contributed by atoms with Crippen LogP contribution in [0.1, 0.15) is 12.8 Å². The Labute approximate surface area is 114 Å². The zero-order chi connectivity index (χ0) is 13.4. The maximum absolute atomic E-state index is 13.1. The van der Waals surface area contributed by atoms with Crippen molar-refractivity contribution in [2.24, 2.45) is 0 Å². The molecule has 3 rings (SSSR count). The first-order valence-corrected chi connectivity index (χ1v) is 7.00. The second-order valence-corrected chi connectivity index (χ2v) is 5.82. The third kappa shape index (κ3) is 2.53. The lowest BCUT2D eigenvalue weighted by molar-refractivity contribution is -0.132. The molecule has 1 N–H and O–H groups in total. The second-order valence-electron chi connectivity index (χ2n) is 4.79. The van der Waals surface area contributed by atoms with Crippen LogP contribution >= 0.6 is 11.3 Å². The molecule has 0 saturated carbocycles. The summed E-state index contributed by atoms with van der Waals surface area (Å²) in [5.41, 5.74) is 0.674. The average Bonchev–Trinajstić information content (AvgIpc) is 2.75. The summed E-state index contributed by atoms with van der Waals surface area (Å²) >= 11 is 1.51. The summed E-state index contributed by atoms with van der Waals surface area (Å²) in [6.45, 7) is 0.684. The van der Waals surface area contributed by atoms with Crippen LogP contribution in [-0.2, 0) is 4.79 Å². The van der Waals surface area contributed by atoms with Gasteiger partial charge < -0.3 is 10.2 Å². The molecule has 0 spiro atoms. The largest absolute Gasteiger partial charge is 0.357 e. The highest BCUT2D eigenvalue weighted by atomic mass is 32.1. The van der Waals surface area contributed by atoms with Crippen LogP contribution in [0.2, 0.25) is 0 Å². The monoisotopic (exact) mass is 279 g/mol. The number of aromatic nitrogens is 1. The number of carbonyl (C=O) groups is 1. The van der Waals surface area contributed by atoms with Gasteiger partial charge in [0.25, 0.3) is 0 Å². The number of nitrogens with one attached hydrogen (secondary N) is 1. The molecule has 4 nitrogen and oxygen atoms in total. The molecule has 0 bridgehead atoms. The van der Waals surface area contributed by atoms with Crippen LogP contribution in [0.25, 0.3) is 10.2 Å². The number of halogens is 1. The van der Waals surface area contributed by atoms with Crippen LogP contribution < -0.4 is 5.32 Å². The maximum atomic E-state index is 13.1. The highest BCUT2D eigenvalue weighted by Gasteiger charge is 2.23. The normalized spacial score (nSPS) is 20.0. The van der Waals surface area contributed by atoms with E-state index in [0.29, 0.717) is 18.5 Å². The van der Waals surface area contributed by atoms with Crippen molar-refractivity contribution in [3.8, 4) is 0 Å². The minimum atomic E-state index is -0.271. The molecule has 1 amide bonds. The molecule has 1 aromatic heterocycles. The quantitative estimate of drug-likeness (QED) is 0.918. The topological polar surface area (TPSA) is 45.2 Å². The molecular formula is C13H14FN3OS. The van der Waals surface area contributed by atoms with Crippen molar-refractivity contribution in [1.82, 2.24) is 9.88 Å². The molecule has 100 valence electrons. The molecule has 1 unspecified atom stereocenters. The lowest BCUT2D eigenvalue weighted by Gasteiger charge is -2.29. The molecule has 2 heterocycles. The van der Waals surface area contributed by atoms with Crippen LogP contribution in [0.5, 0.6) is 0 Å². The number of hydrogen-bond donors (Lipinski definition) is 1. The Morgan fingerprint density at radius 1 is 1.53 bits per heavy atom. The van der Waals surface area contributed by atoms with E-state index in [1.807, 2.05) is 7.05 Å². The van der Waals surface area contributed by atoms with E-state index in [0.717, 1.165) is 16.3 Å². The minimum absolute atomic E-state index is 0.185. The van der Waals surface area contributed by atoms with E-state index in [9.17, 15) is 9.18 Å². The third-order valence-electron chi connectivity index (χ3n) is 3.30. The van der Waals surface area contributed by atoms with Gasteiger partial charge in [0, 0.05) is 32.1 Å². The molecular weight excluding hydrogens is 265 g/mol. The molecule has 19 heavy (non-hydrogen) atoms. The summed E-state index contributed by atoms with van der Waals surface area (Å²) in [5, 5.41) is 4.12. The van der Waals surface area contributed by atoms with Gasteiger partial charge in [-0.2, -0.15) is 0 Å². The molecule has 0 radical (unpaired) electrons. The van der Waals surface area contributed by atoms with Gasteiger partial charge >= 0.3 is 0 Å². The van der Waals surface area contributed by atoms with Crippen LogP contribution in [0, 0.1) is 5.82 Å². The van der Waals surface area contributed by atoms with Gasteiger partial charge in [-0.25, -0.2) is 9.37 Å². The van der Waals surface area contributed by atoms with Crippen LogP contribution in [-0.4, -0.2) is 35.4 Å². The fourth-order valence-corrected chi connectivity index (χ4v) is 3.19. The van der Waals surface area contributed by atoms with Gasteiger partial charge in [0.15, 0.2) is 5.13 Å². The van der Waals surface area contributed by atoms with Crippen molar-refractivity contribution in [1.29, 1.82) is 0 Å². The van der Waals surface area contributed by atoms with Crippen molar-refractivity contribution in [3.05, 3.63) is 24.0 Å². The Balaban J connectivity index is 1.76. The highest BCUT2D eigenvalue weighted by molar-refractivity contribution is 7.22. The van der Waals surface area contributed by atoms with Gasteiger partial charge in [0.05, 0.1) is 10.2 Å². The van der Waals surface area contributed by atoms with Gasteiger partial charge in [-0.15, -0.1) is 0 Å². The molecule has 1 aromatic carbocycles. The molecule has 0 aliphatic carbocycles. The van der Waals surface area contributed by atoms with Gasteiger partial charge in [-0.1, -0.05) is 11.3 Å². The number of fused-ring (bicyclic) bond motifs is 1. The van der Waals surface area contributed by atoms with E-state index in [1.165, 1.54) is 23.5 Å². The van der Waals surface area contributed by atoms with E-state index >= 15 is 0 Å². The Hall–Kier alpha value is -1.69. The predicted octanol–water partition coefficient (Wildman–Crippen LogP) is 2.47. The number of benzene rings is 1.